The molecule has 0 saturated carbocycles. The highest BCUT2D eigenvalue weighted by Gasteiger charge is 2.29. The van der Waals surface area contributed by atoms with Crippen molar-refractivity contribution >= 4 is 21.8 Å². The highest BCUT2D eigenvalue weighted by Crippen LogP contribution is 2.14. The van der Waals surface area contributed by atoms with Gasteiger partial charge >= 0.3 is 0 Å². The summed E-state index contributed by atoms with van der Waals surface area (Å²) in [5.41, 5.74) is 0.923. The molecule has 0 radical (unpaired) electrons. The summed E-state index contributed by atoms with van der Waals surface area (Å²) in [6.07, 6.45) is 4.96. The summed E-state index contributed by atoms with van der Waals surface area (Å²) in [6.45, 7) is 0.959. The van der Waals surface area contributed by atoms with Crippen LogP contribution in [0.4, 0.5) is 0 Å². The molecule has 0 aliphatic carbocycles. The van der Waals surface area contributed by atoms with Gasteiger partial charge in [0.15, 0.2) is 0 Å². The van der Waals surface area contributed by atoms with E-state index in [1.165, 1.54) is 31.6 Å². The standard InChI is InChI=1S/C21H26N4O4S/c1-24(30(28,29)18-10-7-11-22-15-18)16-20(26)23-19(14-17-8-3-2-4-9-17)21(27)25-12-5-6-13-25/h2-4,7-11,15,19H,5-6,12-14,16H2,1H3,(H,23,26). The molecular formula is C21H26N4O4S. The summed E-state index contributed by atoms with van der Waals surface area (Å²) in [6, 6.07) is 11.6. The second kappa shape index (κ2) is 9.82. The van der Waals surface area contributed by atoms with Crippen molar-refractivity contribution in [2.75, 3.05) is 26.7 Å². The molecular weight excluding hydrogens is 404 g/mol. The van der Waals surface area contributed by atoms with Crippen molar-refractivity contribution < 1.29 is 18.0 Å². The first-order valence-electron chi connectivity index (χ1n) is 9.86. The average molecular weight is 431 g/mol. The normalized spacial score (nSPS) is 15.2. The van der Waals surface area contributed by atoms with E-state index in [1.54, 1.807) is 4.90 Å². The van der Waals surface area contributed by atoms with Gasteiger partial charge in [-0.05, 0) is 30.5 Å². The average Bonchev–Trinajstić information content (AvgIpc) is 3.29. The first-order valence-corrected chi connectivity index (χ1v) is 11.3. The topological polar surface area (TPSA) is 99.7 Å². The molecule has 1 aliphatic heterocycles. The Balaban J connectivity index is 1.70. The molecule has 2 heterocycles. The summed E-state index contributed by atoms with van der Waals surface area (Å²) in [4.78, 5) is 31.2. The smallest absolute Gasteiger partial charge is 0.245 e. The van der Waals surface area contributed by atoms with E-state index in [0.717, 1.165) is 22.7 Å². The summed E-state index contributed by atoms with van der Waals surface area (Å²) >= 11 is 0. The second-order valence-corrected chi connectivity index (χ2v) is 9.34. The Labute approximate surface area is 177 Å². The minimum Gasteiger partial charge on any atom is -0.343 e. The quantitative estimate of drug-likeness (QED) is 0.675. The van der Waals surface area contributed by atoms with Gasteiger partial charge in [0, 0.05) is 39.0 Å². The molecule has 2 aromatic rings. The molecule has 0 spiro atoms. The SMILES string of the molecule is CN(CC(=O)NC(Cc1ccccc1)C(=O)N1CCCC1)S(=O)(=O)c1cccnc1. The number of sulfonamides is 1. The molecule has 1 aliphatic rings. The maximum atomic E-state index is 13.0. The Morgan fingerprint density at radius 3 is 2.47 bits per heavy atom. The number of nitrogens with zero attached hydrogens (tertiary/aromatic N) is 3. The van der Waals surface area contributed by atoms with E-state index in [2.05, 4.69) is 10.3 Å². The van der Waals surface area contributed by atoms with Crippen LogP contribution in [0.15, 0.2) is 59.8 Å². The summed E-state index contributed by atoms with van der Waals surface area (Å²) in [7, 11) is -2.52. The molecule has 3 rings (SSSR count). The van der Waals surface area contributed by atoms with E-state index in [9.17, 15) is 18.0 Å². The van der Waals surface area contributed by atoms with Gasteiger partial charge in [-0.2, -0.15) is 4.31 Å². The molecule has 160 valence electrons. The number of aromatic nitrogens is 1. The van der Waals surface area contributed by atoms with Crippen LogP contribution >= 0.6 is 0 Å². The highest BCUT2D eigenvalue weighted by molar-refractivity contribution is 7.89. The lowest BCUT2D eigenvalue weighted by Gasteiger charge is -2.25. The minimum absolute atomic E-state index is 0.00859. The highest BCUT2D eigenvalue weighted by atomic mass is 32.2. The molecule has 1 fully saturated rings. The first kappa shape index (κ1) is 21.9. The first-order chi connectivity index (χ1) is 14.4. The van der Waals surface area contributed by atoms with Crippen molar-refractivity contribution in [3.05, 3.63) is 60.4 Å². The van der Waals surface area contributed by atoms with Crippen LogP contribution in [0.2, 0.25) is 0 Å². The zero-order chi connectivity index (χ0) is 21.6. The van der Waals surface area contributed by atoms with E-state index >= 15 is 0 Å². The van der Waals surface area contributed by atoms with Crippen LogP contribution in [-0.4, -0.2) is 67.1 Å². The molecule has 8 nitrogen and oxygen atoms in total. The second-order valence-electron chi connectivity index (χ2n) is 7.29. The van der Waals surface area contributed by atoms with E-state index in [0.29, 0.717) is 19.5 Å². The van der Waals surface area contributed by atoms with Crippen molar-refractivity contribution in [2.24, 2.45) is 0 Å². The Hall–Kier alpha value is -2.78. The van der Waals surface area contributed by atoms with Crippen molar-refractivity contribution in [3.8, 4) is 0 Å². The van der Waals surface area contributed by atoms with Gasteiger partial charge in [0.25, 0.3) is 0 Å². The zero-order valence-corrected chi connectivity index (χ0v) is 17.7. The van der Waals surface area contributed by atoms with Gasteiger partial charge in [-0.25, -0.2) is 8.42 Å². The Bertz CT molecular complexity index is 961. The maximum absolute atomic E-state index is 13.0. The number of pyridine rings is 1. The fourth-order valence-corrected chi connectivity index (χ4v) is 4.51. The van der Waals surface area contributed by atoms with Crippen LogP contribution in [0.25, 0.3) is 0 Å². The molecule has 1 saturated heterocycles. The third-order valence-electron chi connectivity index (χ3n) is 5.04. The molecule has 1 atom stereocenters. The van der Waals surface area contributed by atoms with Crippen LogP contribution in [0.5, 0.6) is 0 Å². The molecule has 30 heavy (non-hydrogen) atoms. The van der Waals surface area contributed by atoms with Crippen molar-refractivity contribution in [1.29, 1.82) is 0 Å². The fraction of sp³-hybridized carbons (Fsp3) is 0.381. The van der Waals surface area contributed by atoms with Crippen molar-refractivity contribution in [1.82, 2.24) is 19.5 Å². The van der Waals surface area contributed by atoms with Crippen LogP contribution in [0, 0.1) is 0 Å². The molecule has 1 unspecified atom stereocenters. The van der Waals surface area contributed by atoms with Gasteiger partial charge in [-0.1, -0.05) is 30.3 Å². The van der Waals surface area contributed by atoms with E-state index in [-0.39, 0.29) is 10.8 Å². The summed E-state index contributed by atoms with van der Waals surface area (Å²) in [5.74, 6) is -0.666. The number of rotatable bonds is 8. The number of carbonyl (C=O) groups excluding carboxylic acids is 2. The number of carbonyl (C=O) groups is 2. The third-order valence-corrected chi connectivity index (χ3v) is 6.83. The van der Waals surface area contributed by atoms with Crippen molar-refractivity contribution in [2.45, 2.75) is 30.2 Å². The van der Waals surface area contributed by atoms with Gasteiger partial charge in [-0.15, -0.1) is 0 Å². The molecule has 2 amide bonds. The van der Waals surface area contributed by atoms with E-state index in [1.807, 2.05) is 30.3 Å². The van der Waals surface area contributed by atoms with Gasteiger partial charge in [-0.3, -0.25) is 14.6 Å². The third kappa shape index (κ3) is 5.43. The number of hydrogen-bond acceptors (Lipinski definition) is 5. The van der Waals surface area contributed by atoms with Gasteiger partial charge < -0.3 is 10.2 Å². The van der Waals surface area contributed by atoms with E-state index < -0.39 is 28.5 Å². The number of likely N-dealkylation sites (tertiary alicyclic amines) is 1. The van der Waals surface area contributed by atoms with Crippen LogP contribution in [0.3, 0.4) is 0 Å². The number of amides is 2. The Morgan fingerprint density at radius 1 is 1.13 bits per heavy atom. The monoisotopic (exact) mass is 430 g/mol. The fourth-order valence-electron chi connectivity index (χ4n) is 3.41. The van der Waals surface area contributed by atoms with Crippen LogP contribution in [0.1, 0.15) is 18.4 Å². The Kier molecular flexibility index (Phi) is 7.17. The predicted octanol–water partition coefficient (Wildman–Crippen LogP) is 1.05. The molecule has 9 heteroatoms. The number of nitrogens with one attached hydrogen (secondary N) is 1. The van der Waals surface area contributed by atoms with Crippen LogP contribution in [-0.2, 0) is 26.0 Å². The minimum atomic E-state index is -3.85. The molecule has 1 aromatic carbocycles. The largest absolute Gasteiger partial charge is 0.343 e. The molecule has 1 N–H and O–H groups in total. The molecule has 1 aromatic heterocycles. The van der Waals surface area contributed by atoms with E-state index in [4.69, 9.17) is 0 Å². The summed E-state index contributed by atoms with van der Waals surface area (Å²) < 4.78 is 26.2. The Morgan fingerprint density at radius 2 is 1.83 bits per heavy atom. The number of likely N-dealkylation sites (N-methyl/N-ethyl adjacent to an activating group) is 1. The zero-order valence-electron chi connectivity index (χ0n) is 16.9. The lowest BCUT2D eigenvalue weighted by Crippen LogP contribution is -2.51. The maximum Gasteiger partial charge on any atom is 0.245 e. The number of benzene rings is 1. The predicted molar refractivity (Wildman–Crippen MR) is 112 cm³/mol. The van der Waals surface area contributed by atoms with Gasteiger partial charge in [0.05, 0.1) is 6.54 Å². The van der Waals surface area contributed by atoms with Crippen LogP contribution < -0.4 is 5.32 Å². The lowest BCUT2D eigenvalue weighted by molar-refractivity contribution is -0.135. The molecule has 0 bridgehead atoms. The lowest BCUT2D eigenvalue weighted by atomic mass is 10.0. The summed E-state index contributed by atoms with van der Waals surface area (Å²) in [5, 5.41) is 2.74. The number of hydrogen-bond donors (Lipinski definition) is 1. The van der Waals surface area contributed by atoms with Gasteiger partial charge in [0.2, 0.25) is 21.8 Å². The van der Waals surface area contributed by atoms with Crippen molar-refractivity contribution in [3.63, 3.8) is 0 Å². The van der Waals surface area contributed by atoms with Gasteiger partial charge in [0.1, 0.15) is 10.9 Å².